The highest BCUT2D eigenvalue weighted by atomic mass is 79.9. The van der Waals surface area contributed by atoms with Crippen molar-refractivity contribution in [3.8, 4) is 0 Å². The first kappa shape index (κ1) is 17.2. The molecule has 0 radical (unpaired) electrons. The molecule has 2 aromatic rings. The molecule has 2 rings (SSSR count). The third kappa shape index (κ3) is 5.21. The van der Waals surface area contributed by atoms with Crippen LogP contribution in [0.5, 0.6) is 0 Å². The van der Waals surface area contributed by atoms with Gasteiger partial charge in [-0.25, -0.2) is 0 Å². The third-order valence-electron chi connectivity index (χ3n) is 3.31. The molecule has 0 aliphatic carbocycles. The van der Waals surface area contributed by atoms with Crippen LogP contribution in [-0.2, 0) is 0 Å². The van der Waals surface area contributed by atoms with E-state index in [1.807, 2.05) is 24.3 Å². The first-order chi connectivity index (χ1) is 11.1. The van der Waals surface area contributed by atoms with E-state index in [0.29, 0.717) is 23.4 Å². The number of halogens is 1. The van der Waals surface area contributed by atoms with Crippen molar-refractivity contribution >= 4 is 33.4 Å². The first-order valence-electron chi connectivity index (χ1n) is 7.55. The average molecular weight is 375 g/mol. The Kier molecular flexibility index (Phi) is 6.35. The molecule has 0 aromatic heterocycles. The van der Waals surface area contributed by atoms with Gasteiger partial charge in [-0.1, -0.05) is 35.3 Å². The van der Waals surface area contributed by atoms with Crippen LogP contribution in [-0.4, -0.2) is 18.4 Å². The van der Waals surface area contributed by atoms with Crippen molar-refractivity contribution in [2.24, 2.45) is 0 Å². The summed E-state index contributed by atoms with van der Waals surface area (Å²) in [6.45, 7) is 2.74. The maximum Gasteiger partial charge on any atom is 0.255 e. The highest BCUT2D eigenvalue weighted by molar-refractivity contribution is 9.10. The van der Waals surface area contributed by atoms with Gasteiger partial charge in [-0.2, -0.15) is 0 Å². The molecule has 4 nitrogen and oxygen atoms in total. The maximum absolute atomic E-state index is 12.2. The molecule has 0 saturated carbocycles. The molecule has 0 aliphatic rings. The Balaban J connectivity index is 1.98. The summed E-state index contributed by atoms with van der Waals surface area (Å²) in [5, 5.41) is 5.67. The highest BCUT2D eigenvalue weighted by Crippen LogP contribution is 2.16. The molecule has 0 spiro atoms. The number of rotatable bonds is 6. The number of unbranched alkanes of at least 4 members (excludes halogenated alkanes) is 1. The minimum Gasteiger partial charge on any atom is -0.352 e. The van der Waals surface area contributed by atoms with Gasteiger partial charge in [-0.05, 0) is 48.9 Å². The first-order valence-corrected chi connectivity index (χ1v) is 8.34. The van der Waals surface area contributed by atoms with Crippen LogP contribution in [0.1, 0.15) is 40.5 Å². The predicted molar refractivity (Wildman–Crippen MR) is 95.8 cm³/mol. The molecule has 5 heteroatoms. The molecule has 0 fully saturated rings. The standard InChI is InChI=1S/C18H19BrN2O2/c1-2-3-11-20-17(22)13-7-9-14(10-8-13)18(23)21-16-6-4-5-15(19)12-16/h4-10,12H,2-3,11H2,1H3,(H,20,22)(H,21,23). The van der Waals surface area contributed by atoms with E-state index >= 15 is 0 Å². The topological polar surface area (TPSA) is 58.2 Å². The molecule has 120 valence electrons. The SMILES string of the molecule is CCCCNC(=O)c1ccc(C(=O)Nc2cccc(Br)c2)cc1. The van der Waals surface area contributed by atoms with Gasteiger partial charge < -0.3 is 10.6 Å². The summed E-state index contributed by atoms with van der Waals surface area (Å²) in [5.74, 6) is -0.321. The Morgan fingerprint density at radius 3 is 2.26 bits per heavy atom. The lowest BCUT2D eigenvalue weighted by atomic mass is 10.1. The summed E-state index contributed by atoms with van der Waals surface area (Å²) in [6.07, 6.45) is 1.99. The molecule has 2 aromatic carbocycles. The van der Waals surface area contributed by atoms with Crippen LogP contribution in [0.4, 0.5) is 5.69 Å². The number of carbonyl (C=O) groups excluding carboxylic acids is 2. The molecule has 2 N–H and O–H groups in total. The van der Waals surface area contributed by atoms with E-state index in [4.69, 9.17) is 0 Å². The minimum absolute atomic E-state index is 0.114. The van der Waals surface area contributed by atoms with E-state index in [-0.39, 0.29) is 11.8 Å². The summed E-state index contributed by atoms with van der Waals surface area (Å²) in [7, 11) is 0. The zero-order valence-corrected chi connectivity index (χ0v) is 14.5. The quantitative estimate of drug-likeness (QED) is 0.743. The number of benzene rings is 2. The number of carbonyl (C=O) groups is 2. The Bertz CT molecular complexity index is 684. The molecular formula is C18H19BrN2O2. The van der Waals surface area contributed by atoms with E-state index < -0.39 is 0 Å². The lowest BCUT2D eigenvalue weighted by molar-refractivity contribution is 0.0951. The van der Waals surface area contributed by atoms with Crippen molar-refractivity contribution in [2.75, 3.05) is 11.9 Å². The van der Waals surface area contributed by atoms with Gasteiger partial charge in [0.2, 0.25) is 0 Å². The monoisotopic (exact) mass is 374 g/mol. The van der Waals surface area contributed by atoms with Gasteiger partial charge in [-0.15, -0.1) is 0 Å². The smallest absolute Gasteiger partial charge is 0.255 e. The van der Waals surface area contributed by atoms with Gasteiger partial charge in [0.05, 0.1) is 0 Å². The highest BCUT2D eigenvalue weighted by Gasteiger charge is 2.09. The van der Waals surface area contributed by atoms with Gasteiger partial charge in [0.25, 0.3) is 11.8 Å². The van der Waals surface area contributed by atoms with Crippen LogP contribution in [0.3, 0.4) is 0 Å². The van der Waals surface area contributed by atoms with Crippen molar-refractivity contribution < 1.29 is 9.59 Å². The Labute approximate surface area is 144 Å². The van der Waals surface area contributed by atoms with Crippen molar-refractivity contribution in [1.82, 2.24) is 5.32 Å². The largest absolute Gasteiger partial charge is 0.352 e. The fourth-order valence-corrected chi connectivity index (χ4v) is 2.42. The number of anilines is 1. The molecule has 23 heavy (non-hydrogen) atoms. The van der Waals surface area contributed by atoms with Gasteiger partial charge in [0.1, 0.15) is 0 Å². The summed E-state index contributed by atoms with van der Waals surface area (Å²) in [5.41, 5.74) is 1.78. The number of nitrogens with one attached hydrogen (secondary N) is 2. The molecular weight excluding hydrogens is 356 g/mol. The van der Waals surface area contributed by atoms with Crippen molar-refractivity contribution in [3.63, 3.8) is 0 Å². The lowest BCUT2D eigenvalue weighted by Crippen LogP contribution is -2.24. The normalized spacial score (nSPS) is 10.2. The average Bonchev–Trinajstić information content (AvgIpc) is 2.55. The molecule has 0 heterocycles. The minimum atomic E-state index is -0.207. The zero-order chi connectivity index (χ0) is 16.7. The van der Waals surface area contributed by atoms with Gasteiger partial charge in [0, 0.05) is 27.8 Å². The van der Waals surface area contributed by atoms with Crippen LogP contribution >= 0.6 is 15.9 Å². The second-order valence-corrected chi connectivity index (χ2v) is 6.07. The summed E-state index contributed by atoms with van der Waals surface area (Å²) < 4.78 is 0.898. The maximum atomic E-state index is 12.2. The number of amides is 2. The van der Waals surface area contributed by atoms with E-state index in [0.717, 1.165) is 17.3 Å². The number of hydrogen-bond donors (Lipinski definition) is 2. The van der Waals surface area contributed by atoms with E-state index in [1.54, 1.807) is 24.3 Å². The Morgan fingerprint density at radius 2 is 1.65 bits per heavy atom. The van der Waals surface area contributed by atoms with Gasteiger partial charge in [0.15, 0.2) is 0 Å². The van der Waals surface area contributed by atoms with Gasteiger partial charge >= 0.3 is 0 Å². The van der Waals surface area contributed by atoms with Gasteiger partial charge in [-0.3, -0.25) is 9.59 Å². The molecule has 0 unspecified atom stereocenters. The zero-order valence-electron chi connectivity index (χ0n) is 12.9. The number of hydrogen-bond acceptors (Lipinski definition) is 2. The lowest BCUT2D eigenvalue weighted by Gasteiger charge is -2.07. The van der Waals surface area contributed by atoms with Crippen LogP contribution in [0.2, 0.25) is 0 Å². The fraction of sp³-hybridized carbons (Fsp3) is 0.222. The van der Waals surface area contributed by atoms with Crippen molar-refractivity contribution in [2.45, 2.75) is 19.8 Å². The Morgan fingerprint density at radius 1 is 1.00 bits per heavy atom. The predicted octanol–water partition coefficient (Wildman–Crippen LogP) is 4.23. The molecule has 0 saturated heterocycles. The van der Waals surface area contributed by atoms with Crippen molar-refractivity contribution in [3.05, 3.63) is 64.1 Å². The van der Waals surface area contributed by atoms with Crippen molar-refractivity contribution in [1.29, 1.82) is 0 Å². The van der Waals surface area contributed by atoms with E-state index in [2.05, 4.69) is 33.5 Å². The third-order valence-corrected chi connectivity index (χ3v) is 3.80. The summed E-state index contributed by atoms with van der Waals surface area (Å²) >= 11 is 3.36. The summed E-state index contributed by atoms with van der Waals surface area (Å²) in [4.78, 5) is 24.1. The second-order valence-electron chi connectivity index (χ2n) is 5.15. The van der Waals surface area contributed by atoms with E-state index in [9.17, 15) is 9.59 Å². The van der Waals surface area contributed by atoms with Crippen LogP contribution in [0.15, 0.2) is 53.0 Å². The van der Waals surface area contributed by atoms with Crippen LogP contribution < -0.4 is 10.6 Å². The molecule has 0 bridgehead atoms. The summed E-state index contributed by atoms with van der Waals surface area (Å²) in [6, 6.07) is 14.0. The molecule has 2 amide bonds. The van der Waals surface area contributed by atoms with E-state index in [1.165, 1.54) is 0 Å². The molecule has 0 aliphatic heterocycles. The fourth-order valence-electron chi connectivity index (χ4n) is 2.02. The molecule has 0 atom stereocenters. The Hall–Kier alpha value is -2.14. The van der Waals surface area contributed by atoms with Crippen LogP contribution in [0.25, 0.3) is 0 Å². The second kappa shape index (κ2) is 8.48. The van der Waals surface area contributed by atoms with Crippen LogP contribution in [0, 0.1) is 0 Å².